The molecule has 8 nitrogen and oxygen atoms in total. The molecule has 3 aromatic heterocycles. The second-order valence-corrected chi connectivity index (χ2v) is 15.5. The van der Waals surface area contributed by atoms with E-state index in [9.17, 15) is 10.5 Å². The highest BCUT2D eigenvalue weighted by molar-refractivity contribution is 6.11. The summed E-state index contributed by atoms with van der Waals surface area (Å²) in [5, 5.41) is 21.7. The maximum absolute atomic E-state index is 10.1. The zero-order valence-corrected chi connectivity index (χ0v) is 34.7. The van der Waals surface area contributed by atoms with Gasteiger partial charge in [0.25, 0.3) is 0 Å². The van der Waals surface area contributed by atoms with Crippen LogP contribution in [0.4, 0.5) is 0 Å². The summed E-state index contributed by atoms with van der Waals surface area (Å²) in [6, 6.07) is 72.9. The molecule has 0 aliphatic rings. The number of fused-ring (bicyclic) bond motifs is 3. The van der Waals surface area contributed by atoms with Gasteiger partial charge in [0, 0.05) is 44.2 Å². The van der Waals surface area contributed by atoms with Gasteiger partial charge in [-0.1, -0.05) is 152 Å². The molecule has 11 rings (SSSR count). The summed E-state index contributed by atoms with van der Waals surface area (Å²) >= 11 is 0. The van der Waals surface area contributed by atoms with Gasteiger partial charge in [-0.15, -0.1) is 0 Å². The van der Waals surface area contributed by atoms with Crippen LogP contribution in [0, 0.1) is 22.7 Å². The van der Waals surface area contributed by atoms with Crippen molar-refractivity contribution in [2.24, 2.45) is 0 Å². The molecule has 0 saturated heterocycles. The maximum atomic E-state index is 10.1. The Morgan fingerprint density at radius 1 is 0.338 bits per heavy atom. The minimum Gasteiger partial charge on any atom is -0.309 e. The monoisotopic (exact) mass is 830 g/mol. The van der Waals surface area contributed by atoms with E-state index in [2.05, 4.69) is 83.4 Å². The van der Waals surface area contributed by atoms with E-state index in [1.165, 1.54) is 0 Å². The fraction of sp³-hybridized carbons (Fsp3) is 0. The second kappa shape index (κ2) is 16.5. The molecular weight excluding hydrogens is 797 g/mol. The Balaban J connectivity index is 1.19. The van der Waals surface area contributed by atoms with Gasteiger partial charge in [0.05, 0.1) is 51.4 Å². The van der Waals surface area contributed by atoms with Crippen LogP contribution in [-0.2, 0) is 0 Å². The summed E-state index contributed by atoms with van der Waals surface area (Å²) in [6.45, 7) is 0. The number of rotatable bonds is 8. The van der Waals surface area contributed by atoms with Gasteiger partial charge >= 0.3 is 0 Å². The van der Waals surface area contributed by atoms with Crippen molar-refractivity contribution in [1.29, 1.82) is 10.5 Å². The van der Waals surface area contributed by atoms with Crippen LogP contribution in [0.25, 0.3) is 107 Å². The van der Waals surface area contributed by atoms with Crippen LogP contribution in [-0.4, -0.2) is 29.5 Å². The molecule has 0 aliphatic carbocycles. The Kier molecular flexibility index (Phi) is 9.78. The Morgan fingerprint density at radius 3 is 1.45 bits per heavy atom. The normalized spacial score (nSPS) is 11.0. The Hall–Kier alpha value is -9.37. The summed E-state index contributed by atoms with van der Waals surface area (Å²) in [4.78, 5) is 25.9. The lowest BCUT2D eigenvalue weighted by Crippen LogP contribution is -2.04. The van der Waals surface area contributed by atoms with Gasteiger partial charge < -0.3 is 4.57 Å². The lowest BCUT2D eigenvalue weighted by atomic mass is 9.97. The third kappa shape index (κ3) is 7.23. The Bertz CT molecular complexity index is 3550. The SMILES string of the molecule is N#Cc1ccc(-c2ccc3c(c2)c2ccccc2n3-c2ccc(-c3nc(-c4ccccc4)nc(-c4ccccc4)n3)cc2-c2nc(-c3ccccc3)cc(-c3ccccc3)n2)c(C#N)c1. The van der Waals surface area contributed by atoms with Crippen molar-refractivity contribution < 1.29 is 0 Å². The van der Waals surface area contributed by atoms with Crippen LogP contribution >= 0.6 is 0 Å². The average Bonchev–Trinajstić information content (AvgIpc) is 3.72. The van der Waals surface area contributed by atoms with Crippen molar-refractivity contribution in [1.82, 2.24) is 29.5 Å². The zero-order chi connectivity index (χ0) is 43.7. The number of hydrogen-bond donors (Lipinski definition) is 0. The number of nitrogens with zero attached hydrogens (tertiary/aromatic N) is 8. The van der Waals surface area contributed by atoms with Crippen molar-refractivity contribution in [2.75, 3.05) is 0 Å². The van der Waals surface area contributed by atoms with Gasteiger partial charge in [0.15, 0.2) is 23.3 Å². The van der Waals surface area contributed by atoms with Crippen LogP contribution < -0.4 is 0 Å². The Morgan fingerprint density at radius 2 is 0.862 bits per heavy atom. The molecule has 0 radical (unpaired) electrons. The van der Waals surface area contributed by atoms with E-state index in [0.717, 1.165) is 83.4 Å². The highest BCUT2D eigenvalue weighted by Gasteiger charge is 2.22. The molecule has 0 amide bonds. The topological polar surface area (TPSA) is 117 Å². The molecular formula is C57H34N8. The lowest BCUT2D eigenvalue weighted by molar-refractivity contribution is 1.07. The number of aromatic nitrogens is 6. The molecule has 0 aliphatic heterocycles. The standard InChI is InChI=1S/C57H34N8/c58-35-37-25-28-45(44(31-37)36-59)42-26-29-52-47(32-42)46-23-13-14-24-51(46)65(52)53-30-27-43(56-63-54(40-19-9-3-10-20-40)62-55(64-56)41-21-11-4-12-22-41)33-48(53)57-60-49(38-15-5-1-6-16-38)34-50(61-57)39-17-7-2-8-18-39/h1-34H. The van der Waals surface area contributed by atoms with Crippen molar-refractivity contribution in [2.45, 2.75) is 0 Å². The van der Waals surface area contributed by atoms with Crippen LogP contribution in [0.2, 0.25) is 0 Å². The lowest BCUT2D eigenvalue weighted by Gasteiger charge is -2.17. The predicted molar refractivity (Wildman–Crippen MR) is 257 cm³/mol. The number of para-hydroxylation sites is 1. The zero-order valence-electron chi connectivity index (χ0n) is 34.7. The van der Waals surface area contributed by atoms with Crippen molar-refractivity contribution in [3.05, 3.63) is 217 Å². The van der Waals surface area contributed by atoms with Crippen molar-refractivity contribution >= 4 is 21.8 Å². The molecule has 0 atom stereocenters. The number of nitriles is 2. The summed E-state index contributed by atoms with van der Waals surface area (Å²) in [7, 11) is 0. The molecule has 0 spiro atoms. The van der Waals surface area contributed by atoms with Gasteiger partial charge in [0.1, 0.15) is 0 Å². The molecule has 65 heavy (non-hydrogen) atoms. The molecule has 0 unspecified atom stereocenters. The van der Waals surface area contributed by atoms with E-state index in [0.29, 0.717) is 34.4 Å². The molecule has 0 bridgehead atoms. The number of hydrogen-bond acceptors (Lipinski definition) is 7. The van der Waals surface area contributed by atoms with Gasteiger partial charge in [-0.2, -0.15) is 10.5 Å². The van der Waals surface area contributed by atoms with E-state index in [4.69, 9.17) is 24.9 Å². The van der Waals surface area contributed by atoms with Crippen LogP contribution in [0.3, 0.4) is 0 Å². The van der Waals surface area contributed by atoms with E-state index < -0.39 is 0 Å². The molecule has 0 N–H and O–H groups in total. The highest BCUT2D eigenvalue weighted by Crippen LogP contribution is 2.40. The quantitative estimate of drug-likeness (QED) is 0.150. The smallest absolute Gasteiger partial charge is 0.164 e. The number of benzene rings is 8. The van der Waals surface area contributed by atoms with Crippen LogP contribution in [0.1, 0.15) is 11.1 Å². The predicted octanol–water partition coefficient (Wildman–Crippen LogP) is 13.2. The molecule has 0 fully saturated rings. The second-order valence-electron chi connectivity index (χ2n) is 15.5. The average molecular weight is 831 g/mol. The first-order chi connectivity index (χ1) is 32.1. The minimum atomic E-state index is 0.442. The van der Waals surface area contributed by atoms with Gasteiger partial charge in [-0.05, 0) is 65.7 Å². The van der Waals surface area contributed by atoms with Crippen LogP contribution in [0.5, 0.6) is 0 Å². The largest absolute Gasteiger partial charge is 0.309 e. The van der Waals surface area contributed by atoms with E-state index >= 15 is 0 Å². The molecule has 0 saturated carbocycles. The third-order valence-corrected chi connectivity index (χ3v) is 11.6. The summed E-state index contributed by atoms with van der Waals surface area (Å²) < 4.78 is 2.26. The first-order valence-electron chi connectivity index (χ1n) is 21.1. The summed E-state index contributed by atoms with van der Waals surface area (Å²) in [5.74, 6) is 2.17. The minimum absolute atomic E-state index is 0.442. The first-order valence-corrected chi connectivity index (χ1v) is 21.1. The molecule has 8 heteroatoms. The first kappa shape index (κ1) is 38.5. The molecule has 302 valence electrons. The van der Waals surface area contributed by atoms with Gasteiger partial charge in [0.2, 0.25) is 0 Å². The fourth-order valence-corrected chi connectivity index (χ4v) is 8.43. The van der Waals surface area contributed by atoms with E-state index in [-0.39, 0.29) is 0 Å². The third-order valence-electron chi connectivity index (χ3n) is 11.6. The van der Waals surface area contributed by atoms with E-state index in [1.807, 2.05) is 127 Å². The summed E-state index contributed by atoms with van der Waals surface area (Å²) in [5.41, 5.74) is 12.1. The highest BCUT2D eigenvalue weighted by atomic mass is 15.0. The maximum Gasteiger partial charge on any atom is 0.164 e. The molecule has 8 aromatic carbocycles. The van der Waals surface area contributed by atoms with Crippen molar-refractivity contribution in [3.8, 4) is 97.0 Å². The van der Waals surface area contributed by atoms with Gasteiger partial charge in [-0.25, -0.2) is 24.9 Å². The van der Waals surface area contributed by atoms with Crippen LogP contribution in [0.15, 0.2) is 206 Å². The van der Waals surface area contributed by atoms with Gasteiger partial charge in [-0.3, -0.25) is 0 Å². The Labute approximate surface area is 374 Å². The molecule has 11 aromatic rings. The van der Waals surface area contributed by atoms with E-state index in [1.54, 1.807) is 12.1 Å². The van der Waals surface area contributed by atoms with Crippen molar-refractivity contribution in [3.63, 3.8) is 0 Å². The fourth-order valence-electron chi connectivity index (χ4n) is 8.43. The summed E-state index contributed by atoms with van der Waals surface area (Å²) in [6.07, 6.45) is 0. The molecule has 3 heterocycles.